The van der Waals surface area contributed by atoms with Crippen molar-refractivity contribution in [3.63, 3.8) is 0 Å². The smallest absolute Gasteiger partial charge is 0.191 e. The first-order valence-electron chi connectivity index (χ1n) is 4.48. The molecule has 1 aromatic carbocycles. The summed E-state index contributed by atoms with van der Waals surface area (Å²) in [6.07, 6.45) is 1.53. The van der Waals surface area contributed by atoms with E-state index in [1.165, 1.54) is 0 Å². The van der Waals surface area contributed by atoms with Gasteiger partial charge in [-0.05, 0) is 18.4 Å². The molecule has 1 aliphatic rings. The fourth-order valence-electron chi connectivity index (χ4n) is 1.79. The van der Waals surface area contributed by atoms with E-state index in [0.717, 1.165) is 24.0 Å². The fraction of sp³-hybridized carbons (Fsp3) is 0.364. The molecule has 0 aliphatic heterocycles. The van der Waals surface area contributed by atoms with Crippen LogP contribution in [0.5, 0.6) is 0 Å². The van der Waals surface area contributed by atoms with Crippen LogP contribution in [0.1, 0.15) is 22.3 Å². The number of hydrogen-bond donors (Lipinski definition) is 0. The third kappa shape index (κ3) is 1.38. The van der Waals surface area contributed by atoms with Crippen molar-refractivity contribution >= 4 is 5.78 Å². The van der Waals surface area contributed by atoms with Gasteiger partial charge >= 0.3 is 0 Å². The molecule has 1 aliphatic carbocycles. The summed E-state index contributed by atoms with van der Waals surface area (Å²) in [6.45, 7) is 0. The maximum Gasteiger partial charge on any atom is 0.191 e. The highest BCUT2D eigenvalue weighted by atomic mass is 16.4. The number of carbonyl (C=O) groups excluding carboxylic acids is 1. The second kappa shape index (κ2) is 3.30. The Morgan fingerprint density at radius 1 is 1.38 bits per heavy atom. The molecule has 0 spiro atoms. The van der Waals surface area contributed by atoms with Crippen molar-refractivity contribution in [1.82, 2.24) is 0 Å². The van der Waals surface area contributed by atoms with Gasteiger partial charge in [0.15, 0.2) is 5.78 Å². The Hall–Kier alpha value is -1.15. The molecular formula is C11H12O2. The van der Waals surface area contributed by atoms with E-state index in [1.54, 1.807) is 7.11 Å². The molecule has 0 aromatic heterocycles. The Labute approximate surface area is 77.5 Å². The molecule has 68 valence electrons. The van der Waals surface area contributed by atoms with Crippen molar-refractivity contribution < 1.29 is 9.53 Å². The maximum absolute atomic E-state index is 11.7. The number of aryl methyl sites for hydroxylation is 1. The topological polar surface area (TPSA) is 26.3 Å². The van der Waals surface area contributed by atoms with Crippen LogP contribution in [0.2, 0.25) is 0 Å². The quantitative estimate of drug-likeness (QED) is 0.651. The van der Waals surface area contributed by atoms with Crippen LogP contribution in [-0.2, 0) is 11.2 Å². The SMILES string of the molecule is [11CH3]OC1CCc2ccccc2C1=O. The number of hydrogen-bond acceptors (Lipinski definition) is 2. The Kier molecular flexibility index (Phi) is 2.15. The molecule has 0 fully saturated rings. The van der Waals surface area contributed by atoms with Crippen LogP contribution in [0.4, 0.5) is 0 Å². The molecule has 0 heterocycles. The summed E-state index contributed by atoms with van der Waals surface area (Å²) in [7, 11) is 1.59. The molecule has 0 N–H and O–H groups in total. The van der Waals surface area contributed by atoms with Crippen LogP contribution in [0.3, 0.4) is 0 Å². The minimum Gasteiger partial charge on any atom is -0.373 e. The maximum atomic E-state index is 11.7. The molecule has 1 aromatic rings. The highest BCUT2D eigenvalue weighted by Gasteiger charge is 2.26. The number of rotatable bonds is 1. The average molecular weight is 175 g/mol. The molecular weight excluding hydrogens is 163 g/mol. The van der Waals surface area contributed by atoms with E-state index in [9.17, 15) is 4.79 Å². The zero-order valence-corrected chi connectivity index (χ0v) is 7.62. The third-order valence-electron chi connectivity index (χ3n) is 2.54. The van der Waals surface area contributed by atoms with E-state index in [-0.39, 0.29) is 11.9 Å². The molecule has 0 radical (unpaired) electrons. The zero-order valence-electron chi connectivity index (χ0n) is 7.62. The van der Waals surface area contributed by atoms with Gasteiger partial charge in [-0.15, -0.1) is 0 Å². The zero-order chi connectivity index (χ0) is 9.26. The van der Waals surface area contributed by atoms with Crippen LogP contribution in [0.15, 0.2) is 24.3 Å². The fourth-order valence-corrected chi connectivity index (χ4v) is 1.79. The second-order valence-electron chi connectivity index (χ2n) is 3.28. The van der Waals surface area contributed by atoms with Crippen LogP contribution in [0, 0.1) is 0 Å². The van der Waals surface area contributed by atoms with Crippen LogP contribution in [0.25, 0.3) is 0 Å². The van der Waals surface area contributed by atoms with Gasteiger partial charge in [0.25, 0.3) is 0 Å². The predicted molar refractivity (Wildman–Crippen MR) is 49.9 cm³/mol. The first kappa shape index (κ1) is 8.45. The van der Waals surface area contributed by atoms with E-state index < -0.39 is 0 Å². The summed E-state index contributed by atoms with van der Waals surface area (Å²) in [4.78, 5) is 11.7. The van der Waals surface area contributed by atoms with Crippen LogP contribution in [-0.4, -0.2) is 19.0 Å². The van der Waals surface area contributed by atoms with Gasteiger partial charge in [0, 0.05) is 12.7 Å². The molecule has 0 saturated heterocycles. The van der Waals surface area contributed by atoms with E-state index in [0.29, 0.717) is 0 Å². The number of ketones is 1. The van der Waals surface area contributed by atoms with Gasteiger partial charge < -0.3 is 4.74 Å². The number of Topliss-reactive ketones (excluding diaryl/α,β-unsaturated/α-hetero) is 1. The van der Waals surface area contributed by atoms with Gasteiger partial charge in [-0.3, -0.25) is 4.79 Å². The molecule has 13 heavy (non-hydrogen) atoms. The highest BCUT2D eigenvalue weighted by molar-refractivity contribution is 6.01. The van der Waals surface area contributed by atoms with Crippen molar-refractivity contribution in [2.24, 2.45) is 0 Å². The van der Waals surface area contributed by atoms with E-state index in [2.05, 4.69) is 0 Å². The first-order valence-corrected chi connectivity index (χ1v) is 4.48. The largest absolute Gasteiger partial charge is 0.373 e. The van der Waals surface area contributed by atoms with Crippen molar-refractivity contribution in [1.29, 1.82) is 0 Å². The van der Waals surface area contributed by atoms with Crippen molar-refractivity contribution in [3.8, 4) is 0 Å². The monoisotopic (exact) mass is 175 g/mol. The number of benzene rings is 1. The highest BCUT2D eigenvalue weighted by Crippen LogP contribution is 2.22. The normalized spacial score (nSPS) is 21.3. The molecule has 0 saturated carbocycles. The van der Waals surface area contributed by atoms with Crippen molar-refractivity contribution in [3.05, 3.63) is 35.4 Å². The molecule has 1 atom stereocenters. The molecule has 2 rings (SSSR count). The lowest BCUT2D eigenvalue weighted by Gasteiger charge is -2.21. The van der Waals surface area contributed by atoms with Gasteiger partial charge in [-0.2, -0.15) is 0 Å². The lowest BCUT2D eigenvalue weighted by Crippen LogP contribution is -2.28. The molecule has 2 nitrogen and oxygen atoms in total. The third-order valence-corrected chi connectivity index (χ3v) is 2.54. The Balaban J connectivity index is 2.39. The van der Waals surface area contributed by atoms with Gasteiger partial charge in [-0.1, -0.05) is 24.3 Å². The number of carbonyl (C=O) groups is 1. The summed E-state index contributed by atoms with van der Waals surface area (Å²) in [5, 5.41) is 0. The molecule has 2 heteroatoms. The Morgan fingerprint density at radius 3 is 2.92 bits per heavy atom. The summed E-state index contributed by atoms with van der Waals surface area (Å²) < 4.78 is 5.11. The summed E-state index contributed by atoms with van der Waals surface area (Å²) in [6, 6.07) is 7.76. The van der Waals surface area contributed by atoms with Crippen LogP contribution >= 0.6 is 0 Å². The lowest BCUT2D eigenvalue weighted by molar-refractivity contribution is 0.0559. The number of fused-ring (bicyclic) bond motifs is 1. The Bertz CT molecular complexity index is 331. The second-order valence-corrected chi connectivity index (χ2v) is 3.28. The van der Waals surface area contributed by atoms with Crippen LogP contribution < -0.4 is 0 Å². The van der Waals surface area contributed by atoms with Gasteiger partial charge in [0.2, 0.25) is 0 Å². The standard InChI is InChI=1S/C11H12O2/c1-13-10-7-6-8-4-2-3-5-9(8)11(10)12/h2-5,10H,6-7H2,1H3/i1-1. The predicted octanol–water partition coefficient (Wildman–Crippen LogP) is 1.83. The first-order chi connectivity index (χ1) is 6.33. The minimum absolute atomic E-state index is 0.129. The van der Waals surface area contributed by atoms with Crippen molar-refractivity contribution in [2.45, 2.75) is 18.9 Å². The summed E-state index contributed by atoms with van der Waals surface area (Å²) in [5.41, 5.74) is 1.99. The van der Waals surface area contributed by atoms with E-state index in [4.69, 9.17) is 4.74 Å². The summed E-state index contributed by atoms with van der Waals surface area (Å²) >= 11 is 0. The van der Waals surface area contributed by atoms with E-state index in [1.807, 2.05) is 24.3 Å². The molecule has 0 amide bonds. The van der Waals surface area contributed by atoms with Gasteiger partial charge in [-0.25, -0.2) is 0 Å². The lowest BCUT2D eigenvalue weighted by atomic mass is 9.88. The molecule has 1 unspecified atom stereocenters. The Morgan fingerprint density at radius 2 is 2.15 bits per heavy atom. The number of methoxy groups -OCH3 is 1. The number of ether oxygens (including phenoxy) is 1. The van der Waals surface area contributed by atoms with Gasteiger partial charge in [0.1, 0.15) is 6.10 Å². The average Bonchev–Trinajstić information content (AvgIpc) is 2.19. The summed E-state index contributed by atoms with van der Waals surface area (Å²) in [5.74, 6) is 0.129. The van der Waals surface area contributed by atoms with E-state index >= 15 is 0 Å². The van der Waals surface area contributed by atoms with Gasteiger partial charge in [0.05, 0.1) is 0 Å². The van der Waals surface area contributed by atoms with Crippen molar-refractivity contribution in [2.75, 3.05) is 7.11 Å². The molecule has 0 bridgehead atoms. The minimum atomic E-state index is -0.227.